The number of nitrogens with zero attached hydrogens (tertiary/aromatic N) is 2. The van der Waals surface area contributed by atoms with E-state index < -0.39 is 0 Å². The number of benzene rings is 1. The highest BCUT2D eigenvalue weighted by molar-refractivity contribution is 5.58. The van der Waals surface area contributed by atoms with Gasteiger partial charge in [0.05, 0.1) is 13.1 Å². The number of nitrogens with one attached hydrogen (secondary N) is 1. The zero-order chi connectivity index (χ0) is 13.9. The lowest BCUT2D eigenvalue weighted by molar-refractivity contribution is 0.239. The first-order chi connectivity index (χ1) is 9.97. The molecule has 0 radical (unpaired) electrons. The molecule has 1 N–H and O–H groups in total. The van der Waals surface area contributed by atoms with Gasteiger partial charge in [-0.2, -0.15) is 0 Å². The largest absolute Gasteiger partial charge is 0.482 e. The van der Waals surface area contributed by atoms with Crippen LogP contribution < -0.4 is 10.3 Å². The summed E-state index contributed by atoms with van der Waals surface area (Å²) in [5.41, 5.74) is 3.77. The Kier molecular flexibility index (Phi) is 5.97. The first-order valence-electron chi connectivity index (χ1n) is 6.34. The van der Waals surface area contributed by atoms with Crippen LogP contribution in [0.2, 0.25) is 0 Å². The molecule has 0 unspecified atom stereocenters. The summed E-state index contributed by atoms with van der Waals surface area (Å²) in [4.78, 5) is 12.6. The molecule has 3 aliphatic rings. The lowest BCUT2D eigenvalue weighted by Crippen LogP contribution is -2.13. The van der Waals surface area contributed by atoms with E-state index in [-0.39, 0.29) is 0 Å². The molecule has 1 aromatic carbocycles. The molecule has 3 aliphatic heterocycles. The van der Waals surface area contributed by atoms with Gasteiger partial charge in [0.15, 0.2) is 18.6 Å². The summed E-state index contributed by atoms with van der Waals surface area (Å²) in [6.07, 6.45) is 6.71. The summed E-state index contributed by atoms with van der Waals surface area (Å²) < 4.78 is 9.31. The summed E-state index contributed by atoms with van der Waals surface area (Å²) in [6.45, 7) is 3.25. The Balaban J connectivity index is 0.000000124. The third kappa shape index (κ3) is 5.01. The van der Waals surface area contributed by atoms with Crippen molar-refractivity contribution in [2.75, 3.05) is 26.3 Å². The van der Waals surface area contributed by atoms with Crippen molar-refractivity contribution in [2.45, 2.75) is 0 Å². The minimum atomic E-state index is 0.778. The van der Waals surface area contributed by atoms with Crippen molar-refractivity contribution in [1.29, 1.82) is 0 Å². The van der Waals surface area contributed by atoms with E-state index in [1.165, 1.54) is 12.8 Å². The van der Waals surface area contributed by atoms with Crippen molar-refractivity contribution in [3.05, 3.63) is 36.0 Å². The van der Waals surface area contributed by atoms with E-state index in [0.29, 0.717) is 0 Å². The van der Waals surface area contributed by atoms with Crippen molar-refractivity contribution < 1.29 is 14.3 Å². The summed E-state index contributed by atoms with van der Waals surface area (Å²) >= 11 is 0. The molecule has 0 fully saturated rings. The van der Waals surface area contributed by atoms with E-state index in [1.54, 1.807) is 6.20 Å². The molecule has 0 spiro atoms. The third-order valence-corrected chi connectivity index (χ3v) is 2.39. The van der Waals surface area contributed by atoms with Gasteiger partial charge in [0.2, 0.25) is 0 Å². The summed E-state index contributed by atoms with van der Waals surface area (Å²) in [5.74, 6) is 0.880. The molecule has 0 amide bonds. The van der Waals surface area contributed by atoms with Crippen LogP contribution in [0, 0.1) is 0 Å². The monoisotopic (exact) mass is 275 g/mol. The second kappa shape index (κ2) is 8.58. The number of fused-ring (bicyclic) bond motifs is 1. The Bertz CT molecular complexity index is 458. The maximum absolute atomic E-state index is 5.09. The SMILES string of the molecule is C1=Cc2ccccc2ON1.C1=NCCO1.C1=NCCO1. The van der Waals surface area contributed by atoms with Gasteiger partial charge in [-0.1, -0.05) is 18.2 Å². The Hall–Kier alpha value is -2.50. The molecule has 0 atom stereocenters. The molecule has 0 bridgehead atoms. The van der Waals surface area contributed by atoms with Gasteiger partial charge in [0.1, 0.15) is 13.2 Å². The van der Waals surface area contributed by atoms with Crippen LogP contribution in [0.3, 0.4) is 0 Å². The molecule has 0 aromatic heterocycles. The fourth-order valence-corrected chi connectivity index (χ4v) is 1.46. The normalized spacial score (nSPS) is 16.2. The van der Waals surface area contributed by atoms with Gasteiger partial charge in [-0.15, -0.1) is 0 Å². The van der Waals surface area contributed by atoms with Gasteiger partial charge >= 0.3 is 0 Å². The molecule has 0 saturated heterocycles. The van der Waals surface area contributed by atoms with Gasteiger partial charge in [-0.05, 0) is 12.1 Å². The summed E-state index contributed by atoms with van der Waals surface area (Å²) in [7, 11) is 0. The quantitative estimate of drug-likeness (QED) is 0.782. The first-order valence-corrected chi connectivity index (χ1v) is 6.34. The maximum Gasteiger partial charge on any atom is 0.169 e. The highest BCUT2D eigenvalue weighted by Crippen LogP contribution is 2.20. The van der Waals surface area contributed by atoms with Crippen molar-refractivity contribution in [3.63, 3.8) is 0 Å². The van der Waals surface area contributed by atoms with E-state index in [4.69, 9.17) is 4.84 Å². The van der Waals surface area contributed by atoms with E-state index in [0.717, 1.165) is 37.6 Å². The smallest absolute Gasteiger partial charge is 0.169 e. The Morgan fingerprint density at radius 1 is 0.950 bits per heavy atom. The molecular formula is C14H17N3O3. The van der Waals surface area contributed by atoms with Gasteiger partial charge < -0.3 is 14.3 Å². The molecule has 6 heteroatoms. The average Bonchev–Trinajstić information content (AvgIpc) is 3.25. The lowest BCUT2D eigenvalue weighted by atomic mass is 10.2. The number of hydrogen-bond donors (Lipinski definition) is 1. The average molecular weight is 275 g/mol. The molecule has 1 aromatic rings. The van der Waals surface area contributed by atoms with Crippen LogP contribution in [0.15, 0.2) is 40.5 Å². The predicted molar refractivity (Wildman–Crippen MR) is 77.9 cm³/mol. The van der Waals surface area contributed by atoms with Crippen LogP contribution in [-0.2, 0) is 9.47 Å². The van der Waals surface area contributed by atoms with E-state index in [1.807, 2.05) is 30.3 Å². The van der Waals surface area contributed by atoms with Crippen LogP contribution in [0.4, 0.5) is 0 Å². The molecule has 4 rings (SSSR count). The molecule has 3 heterocycles. The van der Waals surface area contributed by atoms with Crippen molar-refractivity contribution in [1.82, 2.24) is 5.48 Å². The standard InChI is InChI=1S/C8H7NO.2C3H5NO/c1-2-4-8-7(3-1)5-6-9-10-8;2*1-2-5-3-4-1/h1-6,9H;2*3H,1-2H2. The van der Waals surface area contributed by atoms with E-state index in [2.05, 4.69) is 24.9 Å². The highest BCUT2D eigenvalue weighted by Gasteiger charge is 2.01. The summed E-state index contributed by atoms with van der Waals surface area (Å²) in [5, 5.41) is 0. The first kappa shape index (κ1) is 13.9. The minimum Gasteiger partial charge on any atom is -0.482 e. The van der Waals surface area contributed by atoms with Crippen molar-refractivity contribution in [3.8, 4) is 5.75 Å². The maximum atomic E-state index is 5.09. The summed E-state index contributed by atoms with van der Waals surface area (Å²) in [6, 6.07) is 7.86. The zero-order valence-corrected chi connectivity index (χ0v) is 11.1. The number of para-hydroxylation sites is 1. The molecule has 106 valence electrons. The van der Waals surface area contributed by atoms with Gasteiger partial charge in [-0.25, -0.2) is 5.48 Å². The number of rotatable bonds is 0. The Morgan fingerprint density at radius 3 is 2.15 bits per heavy atom. The van der Waals surface area contributed by atoms with Crippen LogP contribution >= 0.6 is 0 Å². The Labute approximate surface area is 117 Å². The van der Waals surface area contributed by atoms with Crippen LogP contribution in [0.1, 0.15) is 5.56 Å². The molecule has 6 nitrogen and oxygen atoms in total. The van der Waals surface area contributed by atoms with Crippen LogP contribution in [0.5, 0.6) is 5.75 Å². The predicted octanol–water partition coefficient (Wildman–Crippen LogP) is 1.64. The number of ether oxygens (including phenoxy) is 2. The van der Waals surface area contributed by atoms with Gasteiger partial charge in [0, 0.05) is 11.8 Å². The van der Waals surface area contributed by atoms with Crippen LogP contribution in [0.25, 0.3) is 6.08 Å². The minimum absolute atomic E-state index is 0.778. The van der Waals surface area contributed by atoms with Crippen LogP contribution in [-0.4, -0.2) is 39.1 Å². The number of hydrogen-bond acceptors (Lipinski definition) is 6. The van der Waals surface area contributed by atoms with Crippen molar-refractivity contribution in [2.24, 2.45) is 9.98 Å². The fourth-order valence-electron chi connectivity index (χ4n) is 1.46. The number of hydroxylamine groups is 1. The third-order valence-electron chi connectivity index (χ3n) is 2.39. The van der Waals surface area contributed by atoms with Crippen molar-refractivity contribution >= 4 is 18.9 Å². The second-order valence-corrected chi connectivity index (χ2v) is 3.86. The van der Waals surface area contributed by atoms with Gasteiger partial charge in [-0.3, -0.25) is 9.98 Å². The van der Waals surface area contributed by atoms with Gasteiger partial charge in [0.25, 0.3) is 0 Å². The van der Waals surface area contributed by atoms with E-state index in [9.17, 15) is 0 Å². The molecule has 0 aliphatic carbocycles. The molecule has 0 saturated carbocycles. The fraction of sp³-hybridized carbons (Fsp3) is 0.286. The van der Waals surface area contributed by atoms with E-state index >= 15 is 0 Å². The Morgan fingerprint density at radius 2 is 1.65 bits per heavy atom. The second-order valence-electron chi connectivity index (χ2n) is 3.86. The number of aliphatic imine (C=N–C) groups is 2. The highest BCUT2D eigenvalue weighted by atomic mass is 16.6. The zero-order valence-electron chi connectivity index (χ0n) is 11.1. The molecule has 20 heavy (non-hydrogen) atoms. The lowest BCUT2D eigenvalue weighted by Gasteiger charge is -2.11. The molecular weight excluding hydrogens is 258 g/mol. The topological polar surface area (TPSA) is 64.4 Å².